The van der Waals surface area contributed by atoms with E-state index in [0.29, 0.717) is 13.0 Å². The van der Waals surface area contributed by atoms with Crippen molar-refractivity contribution in [1.82, 2.24) is 4.90 Å². The Morgan fingerprint density at radius 3 is 2.62 bits per heavy atom. The zero-order valence-electron chi connectivity index (χ0n) is 9.01. The van der Waals surface area contributed by atoms with E-state index in [9.17, 15) is 4.39 Å². The molecule has 3 heteroatoms. The zero-order chi connectivity index (χ0) is 10.1. The third kappa shape index (κ3) is 2.64. The second kappa shape index (κ2) is 3.93. The van der Waals surface area contributed by atoms with Crippen LogP contribution in [0.5, 0.6) is 0 Å². The molecule has 0 bridgehead atoms. The van der Waals surface area contributed by atoms with Gasteiger partial charge in [0.1, 0.15) is 5.67 Å². The molecule has 0 saturated carbocycles. The third-order valence-corrected chi connectivity index (χ3v) is 2.77. The summed E-state index contributed by atoms with van der Waals surface area (Å²) < 4.78 is 19.3. The zero-order valence-corrected chi connectivity index (χ0v) is 9.01. The van der Waals surface area contributed by atoms with Crippen molar-refractivity contribution in [2.75, 3.05) is 20.2 Å². The molecule has 1 aliphatic heterocycles. The van der Waals surface area contributed by atoms with Gasteiger partial charge in [-0.2, -0.15) is 0 Å². The van der Waals surface area contributed by atoms with Crippen LogP contribution in [0.25, 0.3) is 0 Å². The molecule has 0 aliphatic carbocycles. The predicted octanol–water partition coefficient (Wildman–Crippen LogP) is 1.84. The van der Waals surface area contributed by atoms with Gasteiger partial charge in [0.15, 0.2) is 0 Å². The van der Waals surface area contributed by atoms with E-state index in [2.05, 4.69) is 0 Å². The number of rotatable bonds is 3. The summed E-state index contributed by atoms with van der Waals surface area (Å²) in [6.45, 7) is 6.96. The van der Waals surface area contributed by atoms with Gasteiger partial charge in [-0.15, -0.1) is 0 Å². The fourth-order valence-electron chi connectivity index (χ4n) is 1.76. The van der Waals surface area contributed by atoms with Crippen molar-refractivity contribution in [2.45, 2.75) is 45.0 Å². The molecule has 1 rings (SSSR count). The largest absolute Gasteiger partial charge is 0.377 e. The average Bonchev–Trinajstić information content (AvgIpc) is 2.23. The number of ether oxygens (including phenoxy) is 1. The first kappa shape index (κ1) is 10.9. The SMILES string of the molecule is CC(C)OC[C@@H]1N(C)CC[C@@]1(C)F. The Balaban J connectivity index is 2.46. The molecule has 1 fully saturated rings. The van der Waals surface area contributed by atoms with Crippen molar-refractivity contribution >= 4 is 0 Å². The van der Waals surface area contributed by atoms with E-state index in [0.717, 1.165) is 6.54 Å². The normalized spacial score (nSPS) is 36.0. The minimum atomic E-state index is -1.08. The molecule has 13 heavy (non-hydrogen) atoms. The number of halogens is 1. The molecule has 0 aromatic carbocycles. The third-order valence-electron chi connectivity index (χ3n) is 2.77. The average molecular weight is 189 g/mol. The van der Waals surface area contributed by atoms with Crippen molar-refractivity contribution < 1.29 is 9.13 Å². The fourth-order valence-corrected chi connectivity index (χ4v) is 1.76. The number of alkyl halides is 1. The van der Waals surface area contributed by atoms with E-state index < -0.39 is 5.67 Å². The number of likely N-dealkylation sites (N-methyl/N-ethyl adjacent to an activating group) is 1. The molecule has 78 valence electrons. The summed E-state index contributed by atoms with van der Waals surface area (Å²) >= 11 is 0. The minimum Gasteiger partial charge on any atom is -0.377 e. The molecule has 0 unspecified atom stereocenters. The van der Waals surface area contributed by atoms with Crippen LogP contribution in [0.3, 0.4) is 0 Å². The van der Waals surface area contributed by atoms with Crippen molar-refractivity contribution in [3.63, 3.8) is 0 Å². The number of likely N-dealkylation sites (tertiary alicyclic amines) is 1. The standard InChI is InChI=1S/C10H20FNO/c1-8(2)13-7-9-10(3,11)5-6-12(9)4/h8-9H,5-7H2,1-4H3/t9-,10+/m0/s1. The highest BCUT2D eigenvalue weighted by Gasteiger charge is 2.42. The van der Waals surface area contributed by atoms with E-state index in [1.54, 1.807) is 6.92 Å². The first-order valence-corrected chi connectivity index (χ1v) is 4.94. The summed E-state index contributed by atoms with van der Waals surface area (Å²) in [6, 6.07) is -0.0742. The van der Waals surface area contributed by atoms with Crippen molar-refractivity contribution in [3.8, 4) is 0 Å². The molecule has 1 saturated heterocycles. The quantitative estimate of drug-likeness (QED) is 0.671. The van der Waals surface area contributed by atoms with E-state index in [1.165, 1.54) is 0 Å². The molecule has 0 radical (unpaired) electrons. The molecule has 0 N–H and O–H groups in total. The fraction of sp³-hybridized carbons (Fsp3) is 1.00. The predicted molar refractivity (Wildman–Crippen MR) is 51.6 cm³/mol. The number of hydrogen-bond acceptors (Lipinski definition) is 2. The second-order valence-corrected chi connectivity index (χ2v) is 4.41. The van der Waals surface area contributed by atoms with Crippen LogP contribution in [0.2, 0.25) is 0 Å². The van der Waals surface area contributed by atoms with Crippen LogP contribution in [-0.4, -0.2) is 42.9 Å². The molecule has 1 heterocycles. The molecule has 0 amide bonds. The Morgan fingerprint density at radius 1 is 1.62 bits per heavy atom. The Bertz CT molecular complexity index is 170. The topological polar surface area (TPSA) is 12.5 Å². The van der Waals surface area contributed by atoms with Gasteiger partial charge in [-0.05, 0) is 34.2 Å². The maximum atomic E-state index is 13.9. The molecular formula is C10H20FNO. The summed E-state index contributed by atoms with van der Waals surface area (Å²) in [5.41, 5.74) is -1.08. The van der Waals surface area contributed by atoms with Crippen molar-refractivity contribution in [3.05, 3.63) is 0 Å². The lowest BCUT2D eigenvalue weighted by Crippen LogP contribution is -2.42. The number of hydrogen-bond donors (Lipinski definition) is 0. The van der Waals surface area contributed by atoms with Crippen LogP contribution in [0.4, 0.5) is 4.39 Å². The van der Waals surface area contributed by atoms with Crippen molar-refractivity contribution in [2.24, 2.45) is 0 Å². The molecule has 0 aromatic heterocycles. The van der Waals surface area contributed by atoms with E-state index >= 15 is 0 Å². The van der Waals surface area contributed by atoms with Crippen LogP contribution in [0.15, 0.2) is 0 Å². The first-order valence-electron chi connectivity index (χ1n) is 4.94. The van der Waals surface area contributed by atoms with Crippen LogP contribution in [-0.2, 0) is 4.74 Å². The lowest BCUT2D eigenvalue weighted by atomic mass is 10.0. The van der Waals surface area contributed by atoms with E-state index in [-0.39, 0.29) is 12.1 Å². The van der Waals surface area contributed by atoms with Gasteiger partial charge in [-0.3, -0.25) is 4.90 Å². The van der Waals surface area contributed by atoms with Gasteiger partial charge in [0.05, 0.1) is 18.8 Å². The van der Waals surface area contributed by atoms with Gasteiger partial charge in [0.25, 0.3) is 0 Å². The van der Waals surface area contributed by atoms with Crippen LogP contribution < -0.4 is 0 Å². The highest BCUT2D eigenvalue weighted by molar-refractivity contribution is 4.95. The summed E-state index contributed by atoms with van der Waals surface area (Å²) in [6.07, 6.45) is 0.806. The summed E-state index contributed by atoms with van der Waals surface area (Å²) in [5, 5.41) is 0. The van der Waals surface area contributed by atoms with Crippen LogP contribution in [0, 0.1) is 0 Å². The summed E-state index contributed by atoms with van der Waals surface area (Å²) in [5.74, 6) is 0. The lowest BCUT2D eigenvalue weighted by molar-refractivity contribution is 0.00327. The Hall–Kier alpha value is -0.150. The van der Waals surface area contributed by atoms with Gasteiger partial charge in [0.2, 0.25) is 0 Å². The highest BCUT2D eigenvalue weighted by Crippen LogP contribution is 2.31. The maximum Gasteiger partial charge on any atom is 0.127 e. The second-order valence-electron chi connectivity index (χ2n) is 4.41. The summed E-state index contributed by atoms with van der Waals surface area (Å²) in [4.78, 5) is 2.04. The molecule has 0 aromatic rings. The smallest absolute Gasteiger partial charge is 0.127 e. The van der Waals surface area contributed by atoms with Gasteiger partial charge in [0, 0.05) is 6.54 Å². The Labute approximate surface area is 80.1 Å². The minimum absolute atomic E-state index is 0.0742. The number of nitrogens with zero attached hydrogens (tertiary/aromatic N) is 1. The summed E-state index contributed by atoms with van der Waals surface area (Å²) in [7, 11) is 1.96. The van der Waals surface area contributed by atoms with E-state index in [4.69, 9.17) is 4.74 Å². The van der Waals surface area contributed by atoms with Crippen LogP contribution >= 0.6 is 0 Å². The molecular weight excluding hydrogens is 169 g/mol. The monoisotopic (exact) mass is 189 g/mol. The van der Waals surface area contributed by atoms with Crippen molar-refractivity contribution in [1.29, 1.82) is 0 Å². The Kier molecular flexibility index (Phi) is 3.30. The van der Waals surface area contributed by atoms with E-state index in [1.807, 2.05) is 25.8 Å². The van der Waals surface area contributed by atoms with Gasteiger partial charge in [-0.1, -0.05) is 0 Å². The maximum absolute atomic E-state index is 13.9. The Morgan fingerprint density at radius 2 is 2.23 bits per heavy atom. The molecule has 2 atom stereocenters. The van der Waals surface area contributed by atoms with Gasteiger partial charge < -0.3 is 4.74 Å². The molecule has 2 nitrogen and oxygen atoms in total. The molecule has 0 spiro atoms. The molecule has 1 aliphatic rings. The lowest BCUT2D eigenvalue weighted by Gasteiger charge is -2.27. The van der Waals surface area contributed by atoms with Gasteiger partial charge in [-0.25, -0.2) is 4.39 Å². The highest BCUT2D eigenvalue weighted by atomic mass is 19.1. The first-order chi connectivity index (χ1) is 5.93. The van der Waals surface area contributed by atoms with Gasteiger partial charge >= 0.3 is 0 Å². The van der Waals surface area contributed by atoms with Crippen LogP contribution in [0.1, 0.15) is 27.2 Å².